The molecule has 0 bridgehead atoms. The van der Waals surface area contributed by atoms with Gasteiger partial charge in [-0.1, -0.05) is 0 Å². The molecule has 1 aromatic carbocycles. The minimum atomic E-state index is -1.21. The van der Waals surface area contributed by atoms with Crippen LogP contribution in [-0.2, 0) is 9.53 Å². The number of nitro groups is 1. The van der Waals surface area contributed by atoms with Crippen LogP contribution in [-0.4, -0.2) is 46.9 Å². The molecular weight excluding hydrogens is 308 g/mol. The number of imide groups is 1. The number of hydrogen-bond acceptors (Lipinski definition) is 7. The Morgan fingerprint density at radius 3 is 2.74 bits per heavy atom. The fourth-order valence-corrected chi connectivity index (χ4v) is 2.01. The number of ether oxygens (including phenoxy) is 1. The molecule has 0 aromatic heterocycles. The van der Waals surface area contributed by atoms with Gasteiger partial charge in [0.05, 0.1) is 10.5 Å². The van der Waals surface area contributed by atoms with Gasteiger partial charge >= 0.3 is 12.0 Å². The first-order valence-corrected chi connectivity index (χ1v) is 6.65. The molecule has 2 rings (SSSR count). The Balaban J connectivity index is 2.09. The molecule has 23 heavy (non-hydrogen) atoms. The van der Waals surface area contributed by atoms with E-state index in [0.29, 0.717) is 6.54 Å². The Kier molecular flexibility index (Phi) is 4.44. The standard InChI is InChI=1S/C13H14N4O6/c1-7(11(18)16-5-4-15-13(16)20)23-12(19)8-2-3-9(14)10(6-8)17(21)22/h2-3,6-7H,4-5,14H2,1H3,(H,15,20). The van der Waals surface area contributed by atoms with Gasteiger partial charge in [0, 0.05) is 19.2 Å². The number of anilines is 1. The Bertz CT molecular complexity index is 689. The molecule has 1 aliphatic heterocycles. The van der Waals surface area contributed by atoms with Crippen LogP contribution in [0, 0.1) is 10.1 Å². The van der Waals surface area contributed by atoms with Gasteiger partial charge in [-0.25, -0.2) is 9.59 Å². The van der Waals surface area contributed by atoms with Gasteiger partial charge in [0.15, 0.2) is 6.10 Å². The van der Waals surface area contributed by atoms with Gasteiger partial charge in [-0.15, -0.1) is 0 Å². The zero-order valence-corrected chi connectivity index (χ0v) is 12.1. The van der Waals surface area contributed by atoms with Crippen LogP contribution in [0.15, 0.2) is 18.2 Å². The van der Waals surface area contributed by atoms with Crippen molar-refractivity contribution < 1.29 is 24.0 Å². The van der Waals surface area contributed by atoms with Crippen molar-refractivity contribution in [3.05, 3.63) is 33.9 Å². The maximum atomic E-state index is 12.0. The van der Waals surface area contributed by atoms with E-state index in [0.717, 1.165) is 11.0 Å². The third-order valence-electron chi connectivity index (χ3n) is 3.22. The van der Waals surface area contributed by atoms with Gasteiger partial charge in [-0.3, -0.25) is 19.8 Å². The number of benzene rings is 1. The molecule has 1 aromatic rings. The zero-order valence-electron chi connectivity index (χ0n) is 12.1. The Hall–Kier alpha value is -3.17. The summed E-state index contributed by atoms with van der Waals surface area (Å²) < 4.78 is 4.96. The van der Waals surface area contributed by atoms with Crippen LogP contribution in [0.3, 0.4) is 0 Å². The van der Waals surface area contributed by atoms with E-state index in [1.54, 1.807) is 0 Å². The number of amides is 3. The normalized spacial score (nSPS) is 15.0. The summed E-state index contributed by atoms with van der Waals surface area (Å²) in [7, 11) is 0. The molecule has 3 amide bonds. The molecule has 1 heterocycles. The summed E-state index contributed by atoms with van der Waals surface area (Å²) in [6.07, 6.45) is -1.21. The van der Waals surface area contributed by atoms with Crippen molar-refractivity contribution in [2.45, 2.75) is 13.0 Å². The van der Waals surface area contributed by atoms with Crippen LogP contribution in [0.25, 0.3) is 0 Å². The van der Waals surface area contributed by atoms with E-state index >= 15 is 0 Å². The number of carbonyl (C=O) groups is 3. The van der Waals surface area contributed by atoms with E-state index in [1.807, 2.05) is 0 Å². The highest BCUT2D eigenvalue weighted by molar-refractivity contribution is 5.99. The van der Waals surface area contributed by atoms with Gasteiger partial charge in [0.1, 0.15) is 5.69 Å². The molecular formula is C13H14N4O6. The van der Waals surface area contributed by atoms with Gasteiger partial charge in [0.25, 0.3) is 11.6 Å². The maximum Gasteiger partial charge on any atom is 0.339 e. The third kappa shape index (κ3) is 3.36. The lowest BCUT2D eigenvalue weighted by Gasteiger charge is -2.18. The molecule has 10 heteroatoms. The maximum absolute atomic E-state index is 12.0. The summed E-state index contributed by atoms with van der Waals surface area (Å²) in [5.41, 5.74) is 4.80. The fraction of sp³-hybridized carbons (Fsp3) is 0.308. The van der Waals surface area contributed by atoms with Crippen molar-refractivity contribution in [1.29, 1.82) is 0 Å². The van der Waals surface area contributed by atoms with Gasteiger partial charge < -0.3 is 15.8 Å². The van der Waals surface area contributed by atoms with E-state index in [2.05, 4.69) is 5.32 Å². The minimum absolute atomic E-state index is 0.0931. The van der Waals surface area contributed by atoms with Gasteiger partial charge in [0.2, 0.25) is 0 Å². The summed E-state index contributed by atoms with van der Waals surface area (Å²) in [6, 6.07) is 2.87. The molecule has 1 saturated heterocycles. The summed E-state index contributed by atoms with van der Waals surface area (Å²) in [4.78, 5) is 46.4. The smallest absolute Gasteiger partial charge is 0.339 e. The van der Waals surface area contributed by atoms with Crippen molar-refractivity contribution in [2.75, 3.05) is 18.8 Å². The third-order valence-corrected chi connectivity index (χ3v) is 3.22. The Morgan fingerprint density at radius 2 is 2.17 bits per heavy atom. The molecule has 0 spiro atoms. The summed E-state index contributed by atoms with van der Waals surface area (Å²) in [5, 5.41) is 13.3. The molecule has 122 valence electrons. The van der Waals surface area contributed by atoms with E-state index in [9.17, 15) is 24.5 Å². The molecule has 1 fully saturated rings. The van der Waals surface area contributed by atoms with Crippen molar-refractivity contribution >= 4 is 29.3 Å². The van der Waals surface area contributed by atoms with Gasteiger partial charge in [-0.05, 0) is 19.1 Å². The quantitative estimate of drug-likeness (QED) is 0.350. The zero-order chi connectivity index (χ0) is 17.1. The number of nitrogens with two attached hydrogens (primary N) is 1. The molecule has 0 saturated carbocycles. The van der Waals surface area contributed by atoms with Crippen LogP contribution in [0.5, 0.6) is 0 Å². The monoisotopic (exact) mass is 322 g/mol. The van der Waals surface area contributed by atoms with E-state index in [4.69, 9.17) is 10.5 Å². The second-order valence-corrected chi connectivity index (χ2v) is 4.80. The van der Waals surface area contributed by atoms with E-state index in [-0.39, 0.29) is 17.8 Å². The van der Waals surface area contributed by atoms with Crippen molar-refractivity contribution in [1.82, 2.24) is 10.2 Å². The number of rotatable bonds is 4. The molecule has 1 unspecified atom stereocenters. The molecule has 0 radical (unpaired) electrons. The first kappa shape index (κ1) is 16.2. The first-order chi connectivity index (χ1) is 10.8. The fourth-order valence-electron chi connectivity index (χ4n) is 2.01. The Labute approximate surface area is 130 Å². The molecule has 3 N–H and O–H groups in total. The molecule has 1 atom stereocenters. The number of nitrogen functional groups attached to an aromatic ring is 1. The van der Waals surface area contributed by atoms with Crippen LogP contribution in [0.4, 0.5) is 16.2 Å². The highest BCUT2D eigenvalue weighted by Crippen LogP contribution is 2.23. The van der Waals surface area contributed by atoms with Crippen molar-refractivity contribution in [2.24, 2.45) is 0 Å². The molecule has 10 nitrogen and oxygen atoms in total. The number of carbonyl (C=O) groups excluding carboxylic acids is 3. The minimum Gasteiger partial charge on any atom is -0.449 e. The summed E-state index contributed by atoms with van der Waals surface area (Å²) in [6.45, 7) is 1.83. The lowest BCUT2D eigenvalue weighted by Crippen LogP contribution is -2.41. The first-order valence-electron chi connectivity index (χ1n) is 6.65. The number of urea groups is 1. The van der Waals surface area contributed by atoms with Crippen LogP contribution >= 0.6 is 0 Å². The highest BCUT2D eigenvalue weighted by atomic mass is 16.6. The lowest BCUT2D eigenvalue weighted by atomic mass is 10.2. The largest absolute Gasteiger partial charge is 0.449 e. The average Bonchev–Trinajstić information content (AvgIpc) is 2.92. The molecule has 0 aliphatic carbocycles. The Morgan fingerprint density at radius 1 is 1.48 bits per heavy atom. The average molecular weight is 322 g/mol. The SMILES string of the molecule is CC(OC(=O)c1ccc(N)c([N+](=O)[O-])c1)C(=O)N1CCNC1=O. The summed E-state index contributed by atoms with van der Waals surface area (Å²) in [5.74, 6) is -1.59. The van der Waals surface area contributed by atoms with Crippen molar-refractivity contribution in [3.8, 4) is 0 Å². The van der Waals surface area contributed by atoms with E-state index < -0.39 is 34.6 Å². The number of nitrogens with zero attached hydrogens (tertiary/aromatic N) is 2. The number of esters is 1. The predicted octanol–water partition coefficient (Wildman–Crippen LogP) is 0.274. The topological polar surface area (TPSA) is 145 Å². The summed E-state index contributed by atoms with van der Waals surface area (Å²) >= 11 is 0. The van der Waals surface area contributed by atoms with Crippen molar-refractivity contribution in [3.63, 3.8) is 0 Å². The highest BCUT2D eigenvalue weighted by Gasteiger charge is 2.32. The molecule has 1 aliphatic rings. The van der Waals surface area contributed by atoms with Gasteiger partial charge in [-0.2, -0.15) is 0 Å². The number of nitro benzene ring substituents is 1. The van der Waals surface area contributed by atoms with Crippen LogP contribution in [0.1, 0.15) is 17.3 Å². The number of nitrogens with one attached hydrogen (secondary N) is 1. The second kappa shape index (κ2) is 6.30. The number of hydrogen-bond donors (Lipinski definition) is 2. The van der Waals surface area contributed by atoms with Crippen LogP contribution in [0.2, 0.25) is 0 Å². The second-order valence-electron chi connectivity index (χ2n) is 4.80. The lowest BCUT2D eigenvalue weighted by molar-refractivity contribution is -0.383. The van der Waals surface area contributed by atoms with Crippen LogP contribution < -0.4 is 11.1 Å². The van der Waals surface area contributed by atoms with E-state index in [1.165, 1.54) is 19.1 Å². The predicted molar refractivity (Wildman–Crippen MR) is 77.5 cm³/mol.